The van der Waals surface area contributed by atoms with Gasteiger partial charge in [0.25, 0.3) is 0 Å². The summed E-state index contributed by atoms with van der Waals surface area (Å²) in [6.07, 6.45) is 0. The van der Waals surface area contributed by atoms with Crippen molar-refractivity contribution >= 4 is 11.9 Å². The largest absolute Gasteiger partial charge is 0.454 e. The van der Waals surface area contributed by atoms with E-state index in [1.807, 2.05) is 30.3 Å². The first-order valence-corrected chi connectivity index (χ1v) is 7.96. The molecule has 1 heterocycles. The van der Waals surface area contributed by atoms with E-state index in [4.69, 9.17) is 4.74 Å². The quantitative estimate of drug-likeness (QED) is 0.678. The SMILES string of the molecule is CC(=O)NCc1ccc(C(=O)OCc2nnnn2-c2ccccc2)cc1. The molecule has 1 aromatic heterocycles. The van der Waals surface area contributed by atoms with Crippen molar-refractivity contribution in [3.05, 3.63) is 71.5 Å². The van der Waals surface area contributed by atoms with Gasteiger partial charge in [0.1, 0.15) is 0 Å². The molecule has 3 aromatic rings. The van der Waals surface area contributed by atoms with E-state index in [9.17, 15) is 9.59 Å². The lowest BCUT2D eigenvalue weighted by Gasteiger charge is -2.07. The van der Waals surface area contributed by atoms with Crippen LogP contribution in [0.5, 0.6) is 0 Å². The molecular weight excluding hydrogens is 334 g/mol. The summed E-state index contributed by atoms with van der Waals surface area (Å²) < 4.78 is 6.82. The van der Waals surface area contributed by atoms with Crippen molar-refractivity contribution in [3.63, 3.8) is 0 Å². The first-order valence-electron chi connectivity index (χ1n) is 7.96. The number of carbonyl (C=O) groups is 2. The Morgan fingerprint density at radius 1 is 1.08 bits per heavy atom. The lowest BCUT2D eigenvalue weighted by molar-refractivity contribution is -0.119. The Labute approximate surface area is 149 Å². The summed E-state index contributed by atoms with van der Waals surface area (Å²) in [5.41, 5.74) is 2.09. The van der Waals surface area contributed by atoms with E-state index in [-0.39, 0.29) is 12.5 Å². The normalized spacial score (nSPS) is 10.3. The molecule has 1 amide bonds. The van der Waals surface area contributed by atoms with E-state index in [0.717, 1.165) is 11.3 Å². The molecule has 0 aliphatic rings. The number of aromatic nitrogens is 4. The first-order chi connectivity index (χ1) is 12.6. The van der Waals surface area contributed by atoms with Gasteiger partial charge >= 0.3 is 5.97 Å². The fourth-order valence-electron chi connectivity index (χ4n) is 2.26. The Balaban J connectivity index is 1.61. The second-order valence-corrected chi connectivity index (χ2v) is 5.53. The zero-order chi connectivity index (χ0) is 18.4. The Kier molecular flexibility index (Phi) is 5.33. The van der Waals surface area contributed by atoms with Gasteiger partial charge in [-0.2, -0.15) is 4.68 Å². The monoisotopic (exact) mass is 351 g/mol. The summed E-state index contributed by atoms with van der Waals surface area (Å²) in [6, 6.07) is 16.2. The van der Waals surface area contributed by atoms with Gasteiger partial charge in [-0.25, -0.2) is 4.79 Å². The second-order valence-electron chi connectivity index (χ2n) is 5.53. The molecule has 132 valence electrons. The third-order valence-electron chi connectivity index (χ3n) is 3.60. The molecule has 0 saturated heterocycles. The maximum Gasteiger partial charge on any atom is 0.338 e. The smallest absolute Gasteiger partial charge is 0.338 e. The average Bonchev–Trinajstić information content (AvgIpc) is 3.14. The van der Waals surface area contributed by atoms with Crippen LogP contribution in [0.1, 0.15) is 28.7 Å². The number of nitrogens with zero attached hydrogens (tertiary/aromatic N) is 4. The highest BCUT2D eigenvalue weighted by atomic mass is 16.5. The fourth-order valence-corrected chi connectivity index (χ4v) is 2.26. The van der Waals surface area contributed by atoms with Gasteiger partial charge in [-0.3, -0.25) is 4.79 Å². The lowest BCUT2D eigenvalue weighted by atomic mass is 10.1. The van der Waals surface area contributed by atoms with Crippen LogP contribution in [0.3, 0.4) is 0 Å². The van der Waals surface area contributed by atoms with Crippen LogP contribution in [0.15, 0.2) is 54.6 Å². The summed E-state index contributed by atoms with van der Waals surface area (Å²) >= 11 is 0. The van der Waals surface area contributed by atoms with E-state index in [1.165, 1.54) is 11.6 Å². The molecule has 8 nitrogen and oxygen atoms in total. The summed E-state index contributed by atoms with van der Waals surface area (Å²) in [7, 11) is 0. The van der Waals surface area contributed by atoms with Crippen molar-refractivity contribution in [2.24, 2.45) is 0 Å². The molecule has 1 N–H and O–H groups in total. The highest BCUT2D eigenvalue weighted by Crippen LogP contribution is 2.10. The zero-order valence-corrected chi connectivity index (χ0v) is 14.1. The molecule has 0 spiro atoms. The number of rotatable bonds is 6. The number of nitrogens with one attached hydrogen (secondary N) is 1. The molecule has 0 bridgehead atoms. The summed E-state index contributed by atoms with van der Waals surface area (Å²) in [5, 5.41) is 14.1. The Morgan fingerprint density at radius 2 is 1.81 bits per heavy atom. The molecule has 8 heteroatoms. The molecule has 0 unspecified atom stereocenters. The van der Waals surface area contributed by atoms with Crippen LogP contribution in [-0.4, -0.2) is 32.1 Å². The van der Waals surface area contributed by atoms with Gasteiger partial charge in [0, 0.05) is 13.5 Å². The molecule has 26 heavy (non-hydrogen) atoms. The van der Waals surface area contributed by atoms with Crippen molar-refractivity contribution in [3.8, 4) is 5.69 Å². The van der Waals surface area contributed by atoms with Gasteiger partial charge in [-0.15, -0.1) is 5.10 Å². The topological polar surface area (TPSA) is 99.0 Å². The van der Waals surface area contributed by atoms with Crippen molar-refractivity contribution < 1.29 is 14.3 Å². The van der Waals surface area contributed by atoms with Crippen LogP contribution in [0.25, 0.3) is 5.69 Å². The van der Waals surface area contributed by atoms with Gasteiger partial charge in [0.2, 0.25) is 5.91 Å². The third-order valence-corrected chi connectivity index (χ3v) is 3.60. The molecule has 2 aromatic carbocycles. The Morgan fingerprint density at radius 3 is 2.50 bits per heavy atom. The first kappa shape index (κ1) is 17.3. The summed E-state index contributed by atoms with van der Waals surface area (Å²) in [4.78, 5) is 23.1. The minimum atomic E-state index is -0.473. The number of esters is 1. The zero-order valence-electron chi connectivity index (χ0n) is 14.1. The maximum atomic E-state index is 12.2. The minimum Gasteiger partial charge on any atom is -0.454 e. The number of hydrogen-bond acceptors (Lipinski definition) is 6. The predicted octanol–water partition coefficient (Wildman–Crippen LogP) is 1.66. The molecule has 3 rings (SSSR count). The van der Waals surface area contributed by atoms with Crippen LogP contribution in [-0.2, 0) is 22.7 Å². The van der Waals surface area contributed by atoms with Crippen LogP contribution in [0.2, 0.25) is 0 Å². The minimum absolute atomic E-state index is 0.0473. The van der Waals surface area contributed by atoms with Gasteiger partial charge in [0.15, 0.2) is 12.4 Å². The number of benzene rings is 2. The van der Waals surface area contributed by atoms with Gasteiger partial charge in [-0.1, -0.05) is 30.3 Å². The second kappa shape index (κ2) is 8.02. The molecule has 0 aliphatic heterocycles. The highest BCUT2D eigenvalue weighted by molar-refractivity contribution is 5.89. The number of para-hydroxylation sites is 1. The van der Waals surface area contributed by atoms with E-state index in [1.54, 1.807) is 24.3 Å². The number of hydrogen-bond donors (Lipinski definition) is 1. The van der Waals surface area contributed by atoms with Crippen LogP contribution >= 0.6 is 0 Å². The maximum absolute atomic E-state index is 12.2. The highest BCUT2D eigenvalue weighted by Gasteiger charge is 2.12. The van der Waals surface area contributed by atoms with Crippen LogP contribution in [0, 0.1) is 0 Å². The van der Waals surface area contributed by atoms with Crippen molar-refractivity contribution in [1.29, 1.82) is 0 Å². The van der Waals surface area contributed by atoms with Crippen LogP contribution in [0.4, 0.5) is 0 Å². The lowest BCUT2D eigenvalue weighted by Crippen LogP contribution is -2.18. The van der Waals surface area contributed by atoms with Crippen molar-refractivity contribution in [1.82, 2.24) is 25.5 Å². The summed E-state index contributed by atoms with van der Waals surface area (Å²) in [5.74, 6) is -0.157. The van der Waals surface area contributed by atoms with Gasteiger partial charge in [0.05, 0.1) is 11.3 Å². The number of carbonyl (C=O) groups excluding carboxylic acids is 2. The van der Waals surface area contributed by atoms with E-state index >= 15 is 0 Å². The van der Waals surface area contributed by atoms with E-state index < -0.39 is 5.97 Å². The number of amides is 1. The molecule has 0 aliphatic carbocycles. The molecule has 0 fully saturated rings. The van der Waals surface area contributed by atoms with Crippen LogP contribution < -0.4 is 5.32 Å². The molecule has 0 radical (unpaired) electrons. The Bertz CT molecular complexity index is 891. The summed E-state index contributed by atoms with van der Waals surface area (Å²) in [6.45, 7) is 1.82. The van der Waals surface area contributed by atoms with Crippen molar-refractivity contribution in [2.75, 3.05) is 0 Å². The molecular formula is C18H17N5O3. The van der Waals surface area contributed by atoms with Gasteiger partial charge in [-0.05, 0) is 40.3 Å². The predicted molar refractivity (Wildman–Crippen MR) is 92.2 cm³/mol. The van der Waals surface area contributed by atoms with Crippen molar-refractivity contribution in [2.45, 2.75) is 20.1 Å². The average molecular weight is 351 g/mol. The van der Waals surface area contributed by atoms with Gasteiger partial charge < -0.3 is 10.1 Å². The number of ether oxygens (including phenoxy) is 1. The standard InChI is InChI=1S/C18H17N5O3/c1-13(24)19-11-14-7-9-15(10-8-14)18(25)26-12-17-20-21-22-23(17)16-5-3-2-4-6-16/h2-10H,11-12H2,1H3,(H,19,24). The number of tetrazole rings is 1. The Hall–Kier alpha value is -3.55. The van der Waals surface area contributed by atoms with E-state index in [0.29, 0.717) is 17.9 Å². The molecule has 0 saturated carbocycles. The fraction of sp³-hybridized carbons (Fsp3) is 0.167. The van der Waals surface area contributed by atoms with E-state index in [2.05, 4.69) is 20.8 Å². The molecule has 0 atom stereocenters. The third kappa shape index (κ3) is 4.29.